The van der Waals surface area contributed by atoms with Crippen LogP contribution in [0.1, 0.15) is 6.42 Å². The number of aryl methyl sites for hydroxylation is 1. The molecule has 9 nitrogen and oxygen atoms in total. The first-order valence-corrected chi connectivity index (χ1v) is 10.4. The number of nitrogens with one attached hydrogen (secondary N) is 2. The van der Waals surface area contributed by atoms with E-state index in [1.807, 2.05) is 0 Å². The van der Waals surface area contributed by atoms with E-state index in [1.54, 1.807) is 47.0 Å². The lowest BCUT2D eigenvalue weighted by molar-refractivity contribution is -0.117. The van der Waals surface area contributed by atoms with Gasteiger partial charge in [-0.15, -0.1) is 0 Å². The molecular weight excluding hydrogens is 454 g/mol. The standard InChI is InChI=1S/C21H15ClF2N8O/c1-31-13(2-3-27-31)17-19(24)18(22)16(10-5-26-30-20(10)17)12-7-32-8-14(28-15(32)6-25-12)29-21(33)9-4-11(9)23/h2-3,5-9,11H,4H2,1H3,(H,26,30)(H,29,33)/t9-,11+/m1/s1. The van der Waals surface area contributed by atoms with Crippen LogP contribution in [-0.2, 0) is 11.8 Å². The highest BCUT2D eigenvalue weighted by Gasteiger charge is 2.43. The Balaban J connectivity index is 1.46. The molecule has 0 spiro atoms. The Morgan fingerprint density at radius 3 is 2.85 bits per heavy atom. The molecule has 1 fully saturated rings. The summed E-state index contributed by atoms with van der Waals surface area (Å²) >= 11 is 6.51. The summed E-state index contributed by atoms with van der Waals surface area (Å²) in [6.07, 6.45) is 6.95. The predicted molar refractivity (Wildman–Crippen MR) is 117 cm³/mol. The highest BCUT2D eigenvalue weighted by atomic mass is 35.5. The summed E-state index contributed by atoms with van der Waals surface area (Å²) in [5.41, 5.74) is 2.46. The fourth-order valence-electron chi connectivity index (χ4n) is 3.97. The Kier molecular flexibility index (Phi) is 4.24. The Morgan fingerprint density at radius 1 is 1.30 bits per heavy atom. The lowest BCUT2D eigenvalue weighted by atomic mass is 10.0. The average Bonchev–Trinajstić information content (AvgIpc) is 3.16. The van der Waals surface area contributed by atoms with Gasteiger partial charge >= 0.3 is 0 Å². The second-order valence-corrected chi connectivity index (χ2v) is 8.27. The van der Waals surface area contributed by atoms with Crippen LogP contribution in [0.3, 0.4) is 0 Å². The van der Waals surface area contributed by atoms with E-state index in [0.717, 1.165) is 0 Å². The van der Waals surface area contributed by atoms with Crippen molar-refractivity contribution >= 4 is 39.9 Å². The molecule has 1 aromatic carbocycles. The maximum atomic E-state index is 15.5. The molecule has 4 heterocycles. The van der Waals surface area contributed by atoms with Crippen molar-refractivity contribution in [1.29, 1.82) is 0 Å². The molecule has 12 heteroatoms. The molecule has 2 atom stereocenters. The lowest BCUT2D eigenvalue weighted by Gasteiger charge is -2.12. The molecule has 0 unspecified atom stereocenters. The number of nitrogens with zero attached hydrogens (tertiary/aromatic N) is 6. The zero-order chi connectivity index (χ0) is 22.9. The van der Waals surface area contributed by atoms with Gasteiger partial charge in [0.05, 0.1) is 52.0 Å². The maximum absolute atomic E-state index is 15.5. The van der Waals surface area contributed by atoms with Crippen molar-refractivity contribution in [3.05, 3.63) is 47.9 Å². The Labute approximate surface area is 189 Å². The smallest absolute Gasteiger partial charge is 0.231 e. The second-order valence-electron chi connectivity index (χ2n) is 7.89. The van der Waals surface area contributed by atoms with Gasteiger partial charge in [-0.3, -0.25) is 19.6 Å². The van der Waals surface area contributed by atoms with Gasteiger partial charge in [-0.1, -0.05) is 11.6 Å². The molecule has 2 N–H and O–H groups in total. The minimum atomic E-state index is -1.10. The molecule has 166 valence electrons. The average molecular weight is 469 g/mol. The molecular formula is C21H15ClF2N8O. The van der Waals surface area contributed by atoms with E-state index in [4.69, 9.17) is 11.6 Å². The van der Waals surface area contributed by atoms with E-state index in [1.165, 1.54) is 6.20 Å². The molecule has 0 radical (unpaired) electrons. The van der Waals surface area contributed by atoms with Gasteiger partial charge in [-0.2, -0.15) is 10.2 Å². The van der Waals surface area contributed by atoms with Crippen LogP contribution >= 0.6 is 11.6 Å². The van der Waals surface area contributed by atoms with E-state index >= 15 is 4.39 Å². The number of hydrogen-bond acceptors (Lipinski definition) is 5. The third kappa shape index (κ3) is 3.07. The van der Waals surface area contributed by atoms with Gasteiger partial charge in [0.25, 0.3) is 0 Å². The van der Waals surface area contributed by atoms with Crippen LogP contribution in [0.4, 0.5) is 14.6 Å². The summed E-state index contributed by atoms with van der Waals surface area (Å²) in [5.74, 6) is -1.39. The van der Waals surface area contributed by atoms with E-state index in [2.05, 4.69) is 30.6 Å². The largest absolute Gasteiger partial charge is 0.309 e. The number of carbonyl (C=O) groups is 1. The third-order valence-corrected chi connectivity index (χ3v) is 6.12. The van der Waals surface area contributed by atoms with E-state index in [0.29, 0.717) is 33.5 Å². The highest BCUT2D eigenvalue weighted by Crippen LogP contribution is 2.42. The second kappa shape index (κ2) is 7.07. The summed E-state index contributed by atoms with van der Waals surface area (Å²) < 4.78 is 31.8. The van der Waals surface area contributed by atoms with Crippen molar-refractivity contribution in [3.8, 4) is 22.5 Å². The quantitative estimate of drug-likeness (QED) is 0.418. The van der Waals surface area contributed by atoms with Crippen molar-refractivity contribution in [2.75, 3.05) is 5.32 Å². The van der Waals surface area contributed by atoms with Crippen molar-refractivity contribution < 1.29 is 13.6 Å². The van der Waals surface area contributed by atoms with E-state index in [-0.39, 0.29) is 22.8 Å². The molecule has 6 rings (SSSR count). The fourth-order valence-corrected chi connectivity index (χ4v) is 4.26. The van der Waals surface area contributed by atoms with Crippen molar-refractivity contribution in [1.82, 2.24) is 34.3 Å². The minimum Gasteiger partial charge on any atom is -0.309 e. The van der Waals surface area contributed by atoms with E-state index < -0.39 is 23.8 Å². The molecule has 1 aliphatic rings. The first kappa shape index (κ1) is 19.8. The molecule has 4 aromatic heterocycles. The monoisotopic (exact) mass is 468 g/mol. The zero-order valence-electron chi connectivity index (χ0n) is 17.1. The molecule has 1 aliphatic carbocycles. The molecule has 5 aromatic rings. The molecule has 0 aliphatic heterocycles. The number of fused-ring (bicyclic) bond motifs is 2. The lowest BCUT2D eigenvalue weighted by Crippen LogP contribution is -2.15. The maximum Gasteiger partial charge on any atom is 0.231 e. The fraction of sp³-hybridized carbons (Fsp3) is 0.190. The van der Waals surface area contributed by atoms with Gasteiger partial charge in [0, 0.05) is 30.4 Å². The topological polar surface area (TPSA) is 106 Å². The number of aromatic nitrogens is 7. The predicted octanol–water partition coefficient (Wildman–Crippen LogP) is 3.76. The highest BCUT2D eigenvalue weighted by molar-refractivity contribution is 6.35. The summed E-state index contributed by atoms with van der Waals surface area (Å²) in [5, 5.41) is 14.1. The van der Waals surface area contributed by atoms with Crippen LogP contribution < -0.4 is 5.32 Å². The Hall–Kier alpha value is -3.86. The van der Waals surface area contributed by atoms with Gasteiger partial charge in [-0.05, 0) is 12.5 Å². The van der Waals surface area contributed by atoms with E-state index in [9.17, 15) is 9.18 Å². The van der Waals surface area contributed by atoms with Crippen LogP contribution in [0, 0.1) is 11.7 Å². The summed E-state index contributed by atoms with van der Waals surface area (Å²) in [7, 11) is 1.71. The van der Waals surface area contributed by atoms with Crippen LogP contribution in [0.5, 0.6) is 0 Å². The number of rotatable bonds is 4. The summed E-state index contributed by atoms with van der Waals surface area (Å²) in [6, 6.07) is 1.69. The minimum absolute atomic E-state index is 0.108. The molecule has 33 heavy (non-hydrogen) atoms. The number of alkyl halides is 1. The summed E-state index contributed by atoms with van der Waals surface area (Å²) in [4.78, 5) is 20.7. The number of hydrogen-bond donors (Lipinski definition) is 2. The van der Waals surface area contributed by atoms with Crippen LogP contribution in [0.25, 0.3) is 39.1 Å². The number of imidazole rings is 1. The van der Waals surface area contributed by atoms with Crippen molar-refractivity contribution in [3.63, 3.8) is 0 Å². The Bertz CT molecular complexity index is 1570. The number of benzene rings is 1. The van der Waals surface area contributed by atoms with Gasteiger partial charge < -0.3 is 9.72 Å². The van der Waals surface area contributed by atoms with Crippen LogP contribution in [0.15, 0.2) is 37.1 Å². The molecule has 0 saturated heterocycles. The Morgan fingerprint density at radius 2 is 2.12 bits per heavy atom. The van der Waals surface area contributed by atoms with Crippen molar-refractivity contribution in [2.45, 2.75) is 12.6 Å². The number of H-pyrrole nitrogens is 1. The molecule has 1 saturated carbocycles. The number of carbonyl (C=O) groups excluding carboxylic acids is 1. The van der Waals surface area contributed by atoms with Crippen LogP contribution in [0.2, 0.25) is 5.02 Å². The van der Waals surface area contributed by atoms with Gasteiger partial charge in [-0.25, -0.2) is 13.8 Å². The van der Waals surface area contributed by atoms with Crippen LogP contribution in [-0.4, -0.2) is 46.4 Å². The number of anilines is 1. The first-order chi connectivity index (χ1) is 15.9. The number of aromatic amines is 1. The first-order valence-electron chi connectivity index (χ1n) is 10.0. The van der Waals surface area contributed by atoms with Gasteiger partial charge in [0.2, 0.25) is 5.91 Å². The van der Waals surface area contributed by atoms with Gasteiger partial charge in [0.1, 0.15) is 6.17 Å². The third-order valence-electron chi connectivity index (χ3n) is 5.77. The molecule has 1 amide bonds. The normalized spacial score (nSPS) is 17.7. The summed E-state index contributed by atoms with van der Waals surface area (Å²) in [6.45, 7) is 0. The molecule has 0 bridgehead atoms. The van der Waals surface area contributed by atoms with Gasteiger partial charge in [0.15, 0.2) is 17.3 Å². The number of halogens is 3. The SMILES string of the molecule is Cn1nccc1-c1c(F)c(Cl)c(-c2cn3cc(NC(=O)[C@@H]4C[C@@H]4F)nc3cn2)c2cn[nH]c12. The number of amides is 1. The zero-order valence-corrected chi connectivity index (χ0v) is 17.8. The van der Waals surface area contributed by atoms with Crippen molar-refractivity contribution in [2.24, 2.45) is 13.0 Å².